The van der Waals surface area contributed by atoms with Crippen LogP contribution in [0, 0.1) is 11.3 Å². The Morgan fingerprint density at radius 2 is 2.25 bits per heavy atom. The van der Waals surface area contributed by atoms with Crippen LogP contribution in [0.2, 0.25) is 0 Å². The number of ether oxygens (including phenoxy) is 1. The summed E-state index contributed by atoms with van der Waals surface area (Å²) < 4.78 is 5.33. The smallest absolute Gasteiger partial charge is 0.266 e. The van der Waals surface area contributed by atoms with E-state index in [2.05, 4.69) is 6.07 Å². The Bertz CT molecular complexity index is 500. The van der Waals surface area contributed by atoms with Gasteiger partial charge in [0.05, 0.1) is 24.8 Å². The van der Waals surface area contributed by atoms with E-state index < -0.39 is 5.60 Å². The van der Waals surface area contributed by atoms with E-state index >= 15 is 0 Å². The predicted molar refractivity (Wildman–Crippen MR) is 56.7 cm³/mol. The molecule has 1 amide bonds. The SMILES string of the molecule is N#CCCN1C(=O)C2(CO2)c2ccccc21. The number of hydrogen-bond acceptors (Lipinski definition) is 3. The molecule has 0 radical (unpaired) electrons. The van der Waals surface area contributed by atoms with Crippen LogP contribution >= 0.6 is 0 Å². The molecule has 80 valence electrons. The fourth-order valence-corrected chi connectivity index (χ4v) is 2.23. The highest BCUT2D eigenvalue weighted by Crippen LogP contribution is 2.50. The number of fused-ring (bicyclic) bond motifs is 2. The monoisotopic (exact) mass is 214 g/mol. The van der Waals surface area contributed by atoms with Gasteiger partial charge in [0.25, 0.3) is 5.91 Å². The number of benzene rings is 1. The Morgan fingerprint density at radius 3 is 2.94 bits per heavy atom. The van der Waals surface area contributed by atoms with Crippen LogP contribution in [0.3, 0.4) is 0 Å². The van der Waals surface area contributed by atoms with E-state index in [4.69, 9.17) is 10.00 Å². The Hall–Kier alpha value is -1.86. The number of anilines is 1. The van der Waals surface area contributed by atoms with Crippen molar-refractivity contribution in [2.24, 2.45) is 0 Å². The first-order valence-corrected chi connectivity index (χ1v) is 5.22. The second kappa shape index (κ2) is 3.06. The molecule has 0 aromatic heterocycles. The molecular weight excluding hydrogens is 204 g/mol. The molecule has 0 N–H and O–H groups in total. The summed E-state index contributed by atoms with van der Waals surface area (Å²) in [7, 11) is 0. The van der Waals surface area contributed by atoms with E-state index in [0.717, 1.165) is 11.3 Å². The summed E-state index contributed by atoms with van der Waals surface area (Å²) in [5.41, 5.74) is 1.12. The topological polar surface area (TPSA) is 56.6 Å². The minimum Gasteiger partial charge on any atom is -0.354 e. The van der Waals surface area contributed by atoms with Gasteiger partial charge in [0.2, 0.25) is 0 Å². The zero-order valence-electron chi connectivity index (χ0n) is 8.64. The number of rotatable bonds is 2. The molecule has 1 spiro atoms. The van der Waals surface area contributed by atoms with Gasteiger partial charge in [-0.3, -0.25) is 4.79 Å². The van der Waals surface area contributed by atoms with Gasteiger partial charge in [-0.05, 0) is 6.07 Å². The Balaban J connectivity index is 2.03. The number of hydrogen-bond donors (Lipinski definition) is 0. The van der Waals surface area contributed by atoms with Crippen LogP contribution in [0.4, 0.5) is 5.69 Å². The van der Waals surface area contributed by atoms with Gasteiger partial charge in [-0.15, -0.1) is 0 Å². The van der Waals surface area contributed by atoms with Crippen LogP contribution in [0.25, 0.3) is 0 Å². The zero-order valence-corrected chi connectivity index (χ0v) is 8.64. The summed E-state index contributed by atoms with van der Waals surface area (Å²) in [4.78, 5) is 13.8. The molecule has 0 bridgehead atoms. The summed E-state index contributed by atoms with van der Waals surface area (Å²) in [6.07, 6.45) is 0.343. The molecule has 1 fully saturated rings. The average molecular weight is 214 g/mol. The summed E-state index contributed by atoms with van der Waals surface area (Å²) >= 11 is 0. The maximum atomic E-state index is 12.1. The standard InChI is InChI=1S/C12H10N2O2/c13-6-3-7-14-10-5-2-1-4-9(10)12(8-16-12)11(14)15/h1-2,4-5H,3,7-8H2. The molecule has 2 aliphatic rings. The number of nitrogens with zero attached hydrogens (tertiary/aromatic N) is 2. The number of amides is 1. The van der Waals surface area contributed by atoms with Crippen LogP contribution in [0.15, 0.2) is 24.3 Å². The van der Waals surface area contributed by atoms with E-state index in [1.54, 1.807) is 4.90 Å². The van der Waals surface area contributed by atoms with Crippen molar-refractivity contribution in [3.63, 3.8) is 0 Å². The Kier molecular flexibility index (Phi) is 1.79. The van der Waals surface area contributed by atoms with Crippen molar-refractivity contribution < 1.29 is 9.53 Å². The molecule has 16 heavy (non-hydrogen) atoms. The van der Waals surface area contributed by atoms with Crippen molar-refractivity contribution in [2.45, 2.75) is 12.0 Å². The maximum Gasteiger partial charge on any atom is 0.266 e. The van der Waals surface area contributed by atoms with Crippen molar-refractivity contribution in [1.29, 1.82) is 5.26 Å². The molecule has 1 unspecified atom stereocenters. The van der Waals surface area contributed by atoms with Crippen LogP contribution in [0.5, 0.6) is 0 Å². The third kappa shape index (κ3) is 1.04. The lowest BCUT2D eigenvalue weighted by atomic mass is 10.0. The first-order chi connectivity index (χ1) is 7.79. The van der Waals surface area contributed by atoms with E-state index in [1.165, 1.54) is 0 Å². The van der Waals surface area contributed by atoms with E-state index in [1.807, 2.05) is 24.3 Å². The summed E-state index contributed by atoms with van der Waals surface area (Å²) in [6, 6.07) is 9.69. The van der Waals surface area contributed by atoms with Crippen molar-refractivity contribution in [3.8, 4) is 6.07 Å². The maximum absolute atomic E-state index is 12.1. The highest BCUT2D eigenvalue weighted by atomic mass is 16.6. The van der Waals surface area contributed by atoms with Crippen molar-refractivity contribution in [1.82, 2.24) is 0 Å². The molecule has 4 heteroatoms. The van der Waals surface area contributed by atoms with E-state index in [-0.39, 0.29) is 5.91 Å². The third-order valence-electron chi connectivity index (χ3n) is 3.10. The first-order valence-electron chi connectivity index (χ1n) is 5.22. The molecule has 1 saturated heterocycles. The Morgan fingerprint density at radius 1 is 1.50 bits per heavy atom. The normalized spacial score (nSPS) is 25.7. The minimum absolute atomic E-state index is 0.0241. The van der Waals surface area contributed by atoms with Crippen molar-refractivity contribution >= 4 is 11.6 Å². The number of carbonyl (C=O) groups is 1. The number of epoxide rings is 1. The predicted octanol–water partition coefficient (Wildman–Crippen LogP) is 1.17. The molecule has 1 aromatic carbocycles. The zero-order chi connectivity index (χ0) is 11.2. The quantitative estimate of drug-likeness (QED) is 0.694. The van der Waals surface area contributed by atoms with E-state index in [0.29, 0.717) is 19.6 Å². The summed E-state index contributed by atoms with van der Waals surface area (Å²) in [5, 5.41) is 8.59. The lowest BCUT2D eigenvalue weighted by Gasteiger charge is -2.14. The highest BCUT2D eigenvalue weighted by Gasteiger charge is 2.61. The first kappa shape index (κ1) is 9.37. The average Bonchev–Trinajstić information content (AvgIpc) is 3.07. The molecule has 1 atom stereocenters. The van der Waals surface area contributed by atoms with Gasteiger partial charge in [0.1, 0.15) is 0 Å². The molecular formula is C12H10N2O2. The number of nitriles is 1. The fourth-order valence-electron chi connectivity index (χ4n) is 2.23. The number of carbonyl (C=O) groups excluding carboxylic acids is 1. The minimum atomic E-state index is -0.716. The van der Waals surface area contributed by atoms with Gasteiger partial charge < -0.3 is 9.64 Å². The fraction of sp³-hybridized carbons (Fsp3) is 0.333. The lowest BCUT2D eigenvalue weighted by molar-refractivity contribution is -0.122. The van der Waals surface area contributed by atoms with Crippen LogP contribution in [-0.2, 0) is 15.1 Å². The van der Waals surface area contributed by atoms with Gasteiger partial charge in [-0.2, -0.15) is 5.26 Å². The molecule has 1 aromatic rings. The van der Waals surface area contributed by atoms with Crippen molar-refractivity contribution in [3.05, 3.63) is 29.8 Å². The van der Waals surface area contributed by atoms with Gasteiger partial charge in [-0.1, -0.05) is 18.2 Å². The molecule has 4 nitrogen and oxygen atoms in total. The van der Waals surface area contributed by atoms with Gasteiger partial charge >= 0.3 is 0 Å². The lowest BCUT2D eigenvalue weighted by Crippen LogP contribution is -2.33. The second-order valence-corrected chi connectivity index (χ2v) is 4.00. The molecule has 3 rings (SSSR count). The van der Waals surface area contributed by atoms with Gasteiger partial charge in [0, 0.05) is 12.1 Å². The molecule has 2 aliphatic heterocycles. The van der Waals surface area contributed by atoms with E-state index in [9.17, 15) is 4.79 Å². The highest BCUT2D eigenvalue weighted by molar-refractivity contribution is 6.08. The number of para-hydroxylation sites is 1. The van der Waals surface area contributed by atoms with Gasteiger partial charge in [0.15, 0.2) is 5.60 Å². The van der Waals surface area contributed by atoms with Crippen LogP contribution < -0.4 is 4.90 Å². The molecule has 2 heterocycles. The van der Waals surface area contributed by atoms with Crippen LogP contribution in [0.1, 0.15) is 12.0 Å². The van der Waals surface area contributed by atoms with Crippen LogP contribution in [-0.4, -0.2) is 19.1 Å². The molecule has 0 aliphatic carbocycles. The van der Waals surface area contributed by atoms with Crippen molar-refractivity contribution in [2.75, 3.05) is 18.1 Å². The third-order valence-corrected chi connectivity index (χ3v) is 3.10. The summed E-state index contributed by atoms with van der Waals surface area (Å²) in [5.74, 6) is -0.0241. The largest absolute Gasteiger partial charge is 0.354 e. The summed E-state index contributed by atoms with van der Waals surface area (Å²) in [6.45, 7) is 0.906. The molecule has 0 saturated carbocycles. The second-order valence-electron chi connectivity index (χ2n) is 4.00. The Labute approximate surface area is 93.0 Å². The van der Waals surface area contributed by atoms with Gasteiger partial charge in [-0.25, -0.2) is 0 Å².